The third-order valence-electron chi connectivity index (χ3n) is 5.55. The molecule has 1 aliphatic heterocycles. The van der Waals surface area contributed by atoms with Gasteiger partial charge in [0.1, 0.15) is 23.4 Å². The van der Waals surface area contributed by atoms with Crippen molar-refractivity contribution in [2.24, 2.45) is 0 Å². The van der Waals surface area contributed by atoms with Crippen LogP contribution in [0.3, 0.4) is 0 Å². The van der Waals surface area contributed by atoms with Crippen LogP contribution in [0.15, 0.2) is 23.0 Å². The molecule has 3 saturated carbocycles. The molecule has 0 unspecified atom stereocenters. The number of benzene rings is 1. The maximum absolute atomic E-state index is 13.8. The largest absolute Gasteiger partial charge is 0.385 e. The Morgan fingerprint density at radius 2 is 1.79 bits per heavy atom. The molecule has 3 aliphatic carbocycles. The zero-order valence-corrected chi connectivity index (χ0v) is 12.5. The lowest BCUT2D eigenvalue weighted by Crippen LogP contribution is -2.72. The molecule has 1 aromatic heterocycles. The van der Waals surface area contributed by atoms with Crippen LogP contribution in [0.25, 0.3) is 0 Å². The third-order valence-corrected chi connectivity index (χ3v) is 5.55. The predicted molar refractivity (Wildman–Crippen MR) is 76.2 cm³/mol. The van der Waals surface area contributed by atoms with Gasteiger partial charge in [-0.15, -0.1) is 0 Å². The first-order chi connectivity index (χ1) is 11.3. The number of hydrogen-bond acceptors (Lipinski definition) is 3. The molecule has 0 saturated heterocycles. The van der Waals surface area contributed by atoms with Crippen molar-refractivity contribution < 1.29 is 18.3 Å². The molecular formula is C16H14F3N3O2. The van der Waals surface area contributed by atoms with E-state index in [1.807, 2.05) is 0 Å². The number of halogens is 3. The van der Waals surface area contributed by atoms with Gasteiger partial charge < -0.3 is 5.11 Å². The van der Waals surface area contributed by atoms with Gasteiger partial charge in [-0.1, -0.05) is 0 Å². The maximum Gasteiger partial charge on any atom is 0.347 e. The van der Waals surface area contributed by atoms with Crippen LogP contribution in [0, 0.1) is 11.6 Å². The fourth-order valence-electron chi connectivity index (χ4n) is 4.54. The average Bonchev–Trinajstić information content (AvgIpc) is 2.93. The minimum atomic E-state index is -1.18. The Labute approximate surface area is 134 Å². The van der Waals surface area contributed by atoms with Crippen molar-refractivity contribution in [3.05, 3.63) is 51.7 Å². The van der Waals surface area contributed by atoms with E-state index < -0.39 is 40.7 Å². The lowest BCUT2D eigenvalue weighted by molar-refractivity contribution is -0.205. The Hall–Kier alpha value is -2.09. The van der Waals surface area contributed by atoms with Crippen molar-refractivity contribution in [1.29, 1.82) is 0 Å². The van der Waals surface area contributed by atoms with E-state index in [1.54, 1.807) is 0 Å². The summed E-state index contributed by atoms with van der Waals surface area (Å²) in [5.41, 5.74) is -1.97. The summed E-state index contributed by atoms with van der Waals surface area (Å²) in [6.45, 7) is 0. The number of alkyl halides is 1. The summed E-state index contributed by atoms with van der Waals surface area (Å²) in [6, 6.07) is 2.37. The van der Waals surface area contributed by atoms with E-state index in [1.165, 1.54) is 9.25 Å². The minimum Gasteiger partial charge on any atom is -0.385 e. The Balaban J connectivity index is 1.61. The second kappa shape index (κ2) is 4.11. The van der Waals surface area contributed by atoms with Gasteiger partial charge in [-0.05, 0) is 17.7 Å². The summed E-state index contributed by atoms with van der Waals surface area (Å²) in [5.74, 6) is -1.31. The summed E-state index contributed by atoms with van der Waals surface area (Å²) in [6.07, 6.45) is -0.105. The molecule has 126 valence electrons. The number of hydrogen-bond donors (Lipinski definition) is 1. The first kappa shape index (κ1) is 14.3. The normalized spacial score (nSPS) is 36.2. The summed E-state index contributed by atoms with van der Waals surface area (Å²) >= 11 is 0. The fraction of sp³-hybridized carbons (Fsp3) is 0.500. The first-order valence-electron chi connectivity index (χ1n) is 7.85. The van der Waals surface area contributed by atoms with Crippen molar-refractivity contribution in [2.75, 3.05) is 0 Å². The molecule has 8 heteroatoms. The number of aliphatic hydroxyl groups excluding tert-OH is 1. The number of rotatable bonds is 2. The van der Waals surface area contributed by atoms with Crippen LogP contribution in [-0.4, -0.2) is 25.1 Å². The first-order valence-corrected chi connectivity index (χ1v) is 7.85. The monoisotopic (exact) mass is 337 g/mol. The van der Waals surface area contributed by atoms with E-state index in [2.05, 4.69) is 5.10 Å². The molecule has 1 N–H and O–H groups in total. The van der Waals surface area contributed by atoms with Gasteiger partial charge in [0, 0.05) is 31.7 Å². The summed E-state index contributed by atoms with van der Waals surface area (Å²) in [7, 11) is 0. The zero-order chi connectivity index (χ0) is 16.9. The van der Waals surface area contributed by atoms with Gasteiger partial charge in [0.25, 0.3) is 0 Å². The van der Waals surface area contributed by atoms with Gasteiger partial charge in [0.15, 0.2) is 5.82 Å². The fourth-order valence-corrected chi connectivity index (χ4v) is 4.54. The Morgan fingerprint density at radius 3 is 2.38 bits per heavy atom. The third kappa shape index (κ3) is 1.64. The minimum absolute atomic E-state index is 0.126. The summed E-state index contributed by atoms with van der Waals surface area (Å²) in [4.78, 5) is 12.8. The van der Waals surface area contributed by atoms with Crippen LogP contribution < -0.4 is 5.69 Å². The van der Waals surface area contributed by atoms with Gasteiger partial charge in [0.2, 0.25) is 0 Å². The molecule has 0 spiro atoms. The van der Waals surface area contributed by atoms with Crippen LogP contribution in [0.5, 0.6) is 0 Å². The number of nitrogens with zero attached hydrogens (tertiary/aromatic N) is 3. The van der Waals surface area contributed by atoms with E-state index in [0.717, 1.165) is 18.2 Å². The standard InChI is InChI=1S/C16H14F3N3O2/c17-9-1-8(2-10(18)3-9)11-4-12(23)13-20-22(14(24)21(11)13)16-5-15(19,6-16)7-16/h1-3,11-12,23H,4-7H2/t11-,12+,15?,16?/m0/s1. The molecule has 5 nitrogen and oxygen atoms in total. The predicted octanol–water partition coefficient (Wildman–Crippen LogP) is 1.95. The molecule has 3 fully saturated rings. The summed E-state index contributed by atoms with van der Waals surface area (Å²) in [5, 5.41) is 14.4. The molecule has 4 aliphatic rings. The highest BCUT2D eigenvalue weighted by molar-refractivity contribution is 5.27. The van der Waals surface area contributed by atoms with Crippen LogP contribution in [0.2, 0.25) is 0 Å². The molecule has 0 amide bonds. The van der Waals surface area contributed by atoms with Crippen LogP contribution >= 0.6 is 0 Å². The molecule has 2 atom stereocenters. The second-order valence-corrected chi connectivity index (χ2v) is 7.30. The zero-order valence-electron chi connectivity index (χ0n) is 12.5. The maximum atomic E-state index is 13.8. The number of aliphatic hydroxyl groups is 1. The van der Waals surface area contributed by atoms with Crippen molar-refractivity contribution in [2.45, 2.75) is 49.0 Å². The van der Waals surface area contributed by atoms with Crippen molar-refractivity contribution in [3.63, 3.8) is 0 Å². The van der Waals surface area contributed by atoms with E-state index in [0.29, 0.717) is 0 Å². The molecule has 0 radical (unpaired) electrons. The van der Waals surface area contributed by atoms with Gasteiger partial charge in [-0.25, -0.2) is 22.6 Å². The average molecular weight is 337 g/mol. The SMILES string of the molecule is O=c1n(C23CC(F)(C2)C3)nc2n1[C@H](c1cc(F)cc(F)c1)C[C@H]2O. The van der Waals surface area contributed by atoms with Gasteiger partial charge in [-0.3, -0.25) is 4.57 Å². The molecule has 2 bridgehead atoms. The van der Waals surface area contributed by atoms with Crippen LogP contribution in [0.1, 0.15) is 49.2 Å². The van der Waals surface area contributed by atoms with Gasteiger partial charge >= 0.3 is 5.69 Å². The molecule has 24 heavy (non-hydrogen) atoms. The number of fused-ring (bicyclic) bond motifs is 1. The highest BCUT2D eigenvalue weighted by atomic mass is 19.1. The van der Waals surface area contributed by atoms with E-state index in [4.69, 9.17) is 0 Å². The van der Waals surface area contributed by atoms with Crippen molar-refractivity contribution in [1.82, 2.24) is 14.3 Å². The molecular weight excluding hydrogens is 323 g/mol. The summed E-state index contributed by atoms with van der Waals surface area (Å²) < 4.78 is 43.3. The quantitative estimate of drug-likeness (QED) is 0.911. The number of aromatic nitrogens is 3. The highest BCUT2D eigenvalue weighted by Gasteiger charge is 2.72. The lowest BCUT2D eigenvalue weighted by atomic mass is 9.47. The second-order valence-electron chi connectivity index (χ2n) is 7.30. The van der Waals surface area contributed by atoms with Gasteiger partial charge in [0.05, 0.1) is 11.6 Å². The van der Waals surface area contributed by atoms with Crippen LogP contribution in [0.4, 0.5) is 13.2 Å². The Kier molecular flexibility index (Phi) is 2.44. The Bertz CT molecular complexity index is 895. The van der Waals surface area contributed by atoms with Crippen molar-refractivity contribution in [3.8, 4) is 0 Å². The topological polar surface area (TPSA) is 60.0 Å². The Morgan fingerprint density at radius 1 is 1.17 bits per heavy atom. The molecule has 2 aromatic rings. The highest BCUT2D eigenvalue weighted by Crippen LogP contribution is 2.67. The molecule has 6 rings (SSSR count). The molecule has 2 heterocycles. The van der Waals surface area contributed by atoms with E-state index >= 15 is 0 Å². The van der Waals surface area contributed by atoms with E-state index in [9.17, 15) is 23.1 Å². The van der Waals surface area contributed by atoms with Crippen molar-refractivity contribution >= 4 is 0 Å². The lowest BCUT2D eigenvalue weighted by Gasteiger charge is -2.64. The molecule has 1 aromatic carbocycles. The smallest absolute Gasteiger partial charge is 0.347 e. The van der Waals surface area contributed by atoms with Crippen LogP contribution in [-0.2, 0) is 5.54 Å². The van der Waals surface area contributed by atoms with Gasteiger partial charge in [-0.2, -0.15) is 5.10 Å². The van der Waals surface area contributed by atoms with E-state index in [-0.39, 0.29) is 37.1 Å².